The zero-order chi connectivity index (χ0) is 16.8. The minimum Gasteiger partial charge on any atom is -0.325 e. The molecule has 0 fully saturated rings. The van der Waals surface area contributed by atoms with E-state index in [-0.39, 0.29) is 17.3 Å². The first-order chi connectivity index (χ1) is 11.0. The van der Waals surface area contributed by atoms with Crippen molar-refractivity contribution in [1.29, 1.82) is 0 Å². The van der Waals surface area contributed by atoms with E-state index in [1.165, 1.54) is 30.0 Å². The molecule has 0 saturated carbocycles. The number of hydrogen-bond donors (Lipinski definition) is 1. The first-order valence-electron chi connectivity index (χ1n) is 7.14. The van der Waals surface area contributed by atoms with Crippen LogP contribution in [0.5, 0.6) is 0 Å². The number of rotatable bonds is 7. The lowest BCUT2D eigenvalue weighted by atomic mass is 10.3. The lowest BCUT2D eigenvalue weighted by Crippen LogP contribution is -2.14. The van der Waals surface area contributed by atoms with Crippen LogP contribution in [0.15, 0.2) is 29.4 Å². The van der Waals surface area contributed by atoms with Gasteiger partial charge in [-0.25, -0.2) is 0 Å². The van der Waals surface area contributed by atoms with E-state index >= 15 is 0 Å². The van der Waals surface area contributed by atoms with Crippen molar-refractivity contribution in [3.63, 3.8) is 0 Å². The number of nitro groups is 1. The summed E-state index contributed by atoms with van der Waals surface area (Å²) in [6, 6.07) is 5.84. The molecule has 1 aromatic carbocycles. The summed E-state index contributed by atoms with van der Waals surface area (Å²) in [6.07, 6.45) is 0.779. The van der Waals surface area contributed by atoms with Crippen molar-refractivity contribution < 1.29 is 9.72 Å². The van der Waals surface area contributed by atoms with E-state index in [1.807, 2.05) is 18.4 Å². The molecule has 1 N–H and O–H groups in total. The van der Waals surface area contributed by atoms with Crippen molar-refractivity contribution in [1.82, 2.24) is 14.8 Å². The summed E-state index contributed by atoms with van der Waals surface area (Å²) in [6.45, 7) is 4.74. The molecule has 1 amide bonds. The molecule has 0 aliphatic heterocycles. The second kappa shape index (κ2) is 7.73. The van der Waals surface area contributed by atoms with Crippen LogP contribution in [0.2, 0.25) is 0 Å². The summed E-state index contributed by atoms with van der Waals surface area (Å²) in [5, 5.41) is 22.2. The van der Waals surface area contributed by atoms with Crippen LogP contribution in [0.25, 0.3) is 0 Å². The number of benzene rings is 1. The van der Waals surface area contributed by atoms with Crippen LogP contribution < -0.4 is 5.32 Å². The smallest absolute Gasteiger partial charge is 0.271 e. The molecule has 0 atom stereocenters. The highest BCUT2D eigenvalue weighted by Crippen LogP contribution is 2.20. The zero-order valence-corrected chi connectivity index (χ0v) is 13.7. The third kappa shape index (κ3) is 4.28. The molecule has 0 aliphatic carbocycles. The van der Waals surface area contributed by atoms with Crippen LogP contribution in [0.3, 0.4) is 0 Å². The van der Waals surface area contributed by atoms with E-state index in [1.54, 1.807) is 6.07 Å². The number of aromatic nitrogens is 3. The maximum Gasteiger partial charge on any atom is 0.271 e. The van der Waals surface area contributed by atoms with Gasteiger partial charge in [0.15, 0.2) is 5.16 Å². The fraction of sp³-hybridized carbons (Fsp3) is 0.357. The zero-order valence-electron chi connectivity index (χ0n) is 12.9. The van der Waals surface area contributed by atoms with Crippen molar-refractivity contribution in [2.75, 3.05) is 11.1 Å². The first-order valence-corrected chi connectivity index (χ1v) is 8.12. The number of thioether (sulfide) groups is 1. The molecule has 0 aliphatic rings. The Morgan fingerprint density at radius 2 is 2.17 bits per heavy atom. The third-order valence-electron chi connectivity index (χ3n) is 3.10. The summed E-state index contributed by atoms with van der Waals surface area (Å²) in [4.78, 5) is 22.2. The number of anilines is 1. The van der Waals surface area contributed by atoms with Gasteiger partial charge >= 0.3 is 0 Å². The molecule has 0 saturated heterocycles. The Kier molecular flexibility index (Phi) is 5.69. The summed E-state index contributed by atoms with van der Waals surface area (Å²) >= 11 is 1.29. The van der Waals surface area contributed by atoms with E-state index in [0.717, 1.165) is 18.8 Å². The fourth-order valence-electron chi connectivity index (χ4n) is 2.03. The van der Waals surface area contributed by atoms with Gasteiger partial charge in [-0.05, 0) is 13.0 Å². The third-order valence-corrected chi connectivity index (χ3v) is 4.07. The highest BCUT2D eigenvalue weighted by molar-refractivity contribution is 7.99. The number of aryl methyl sites for hydroxylation is 1. The number of nitrogens with one attached hydrogen (secondary N) is 1. The molecule has 2 aromatic rings. The SMILES string of the molecule is CCc1nnc(SCC(=O)Nc2cccc([N+](=O)[O-])c2)n1CC. The normalized spacial score (nSPS) is 10.5. The average molecular weight is 335 g/mol. The van der Waals surface area contributed by atoms with Crippen molar-refractivity contribution in [2.24, 2.45) is 0 Å². The van der Waals surface area contributed by atoms with Crippen LogP contribution in [0, 0.1) is 10.1 Å². The van der Waals surface area contributed by atoms with Crippen molar-refractivity contribution in [3.05, 3.63) is 40.2 Å². The quantitative estimate of drug-likeness (QED) is 0.474. The number of carbonyl (C=O) groups excluding carboxylic acids is 1. The van der Waals surface area contributed by atoms with Crippen LogP contribution in [0.1, 0.15) is 19.7 Å². The van der Waals surface area contributed by atoms with Crippen molar-refractivity contribution >= 4 is 29.0 Å². The molecular formula is C14H17N5O3S. The van der Waals surface area contributed by atoms with E-state index in [4.69, 9.17) is 0 Å². The predicted molar refractivity (Wildman–Crippen MR) is 87.5 cm³/mol. The van der Waals surface area contributed by atoms with Crippen LogP contribution in [-0.4, -0.2) is 31.3 Å². The molecule has 9 heteroatoms. The van der Waals surface area contributed by atoms with Gasteiger partial charge in [-0.15, -0.1) is 10.2 Å². The summed E-state index contributed by atoms with van der Waals surface area (Å²) in [7, 11) is 0. The maximum absolute atomic E-state index is 12.0. The Bertz CT molecular complexity index is 716. The van der Waals surface area contributed by atoms with Gasteiger partial charge in [-0.2, -0.15) is 0 Å². The monoisotopic (exact) mass is 335 g/mol. The standard InChI is InChI=1S/C14H17N5O3S/c1-3-12-16-17-14(18(12)4-2)23-9-13(20)15-10-6-5-7-11(8-10)19(21)22/h5-8H,3-4,9H2,1-2H3,(H,15,20). The summed E-state index contributed by atoms with van der Waals surface area (Å²) in [5.74, 6) is 0.790. The second-order valence-corrected chi connectivity index (χ2v) is 5.58. The van der Waals surface area contributed by atoms with E-state index < -0.39 is 4.92 Å². The van der Waals surface area contributed by atoms with Crippen molar-refractivity contribution in [2.45, 2.75) is 32.0 Å². The van der Waals surface area contributed by atoms with E-state index in [0.29, 0.717) is 10.8 Å². The van der Waals surface area contributed by atoms with E-state index in [2.05, 4.69) is 15.5 Å². The molecular weight excluding hydrogens is 318 g/mol. The van der Waals surface area contributed by atoms with Crippen LogP contribution >= 0.6 is 11.8 Å². The minimum atomic E-state index is -0.500. The van der Waals surface area contributed by atoms with Crippen molar-refractivity contribution in [3.8, 4) is 0 Å². The fourth-order valence-corrected chi connectivity index (χ4v) is 2.85. The summed E-state index contributed by atoms with van der Waals surface area (Å²) < 4.78 is 1.96. The molecule has 0 radical (unpaired) electrons. The molecule has 1 heterocycles. The van der Waals surface area contributed by atoms with Crippen LogP contribution in [-0.2, 0) is 17.8 Å². The van der Waals surface area contributed by atoms with E-state index in [9.17, 15) is 14.9 Å². The van der Waals surface area contributed by atoms with Gasteiger partial charge in [-0.1, -0.05) is 24.8 Å². The minimum absolute atomic E-state index is 0.0613. The van der Waals surface area contributed by atoms with Gasteiger partial charge < -0.3 is 9.88 Å². The first kappa shape index (κ1) is 16.9. The van der Waals surface area contributed by atoms with Gasteiger partial charge in [0.25, 0.3) is 5.69 Å². The predicted octanol–water partition coefficient (Wildman–Crippen LogP) is 2.50. The largest absolute Gasteiger partial charge is 0.325 e. The van der Waals surface area contributed by atoms with Gasteiger partial charge in [0.1, 0.15) is 5.82 Å². The number of nitro benzene ring substituents is 1. The molecule has 23 heavy (non-hydrogen) atoms. The second-order valence-electron chi connectivity index (χ2n) is 4.64. The number of non-ortho nitro benzene ring substituents is 1. The number of carbonyl (C=O) groups is 1. The molecule has 1 aromatic heterocycles. The topological polar surface area (TPSA) is 103 Å². The molecule has 0 unspecified atom stereocenters. The average Bonchev–Trinajstić information content (AvgIpc) is 2.95. The molecule has 122 valence electrons. The van der Waals surface area contributed by atoms with Gasteiger partial charge in [0.05, 0.1) is 10.7 Å². The lowest BCUT2D eigenvalue weighted by molar-refractivity contribution is -0.384. The molecule has 8 nitrogen and oxygen atoms in total. The number of amides is 1. The highest BCUT2D eigenvalue weighted by Gasteiger charge is 2.13. The Morgan fingerprint density at radius 3 is 2.83 bits per heavy atom. The maximum atomic E-state index is 12.0. The molecule has 2 rings (SSSR count). The highest BCUT2D eigenvalue weighted by atomic mass is 32.2. The Hall–Kier alpha value is -2.42. The van der Waals surface area contributed by atoms with Crippen LogP contribution in [0.4, 0.5) is 11.4 Å². The summed E-state index contributed by atoms with van der Waals surface area (Å²) in [5.41, 5.74) is 0.338. The van der Waals surface area contributed by atoms with Gasteiger partial charge in [0, 0.05) is 30.8 Å². The Labute approximate surface area is 137 Å². The number of nitrogens with zero attached hydrogens (tertiary/aromatic N) is 4. The Balaban J connectivity index is 1.97. The van der Waals surface area contributed by atoms with Gasteiger partial charge in [-0.3, -0.25) is 14.9 Å². The van der Waals surface area contributed by atoms with Gasteiger partial charge in [0.2, 0.25) is 5.91 Å². The molecule has 0 spiro atoms. The molecule has 0 bridgehead atoms. The Morgan fingerprint density at radius 1 is 1.39 bits per heavy atom. The number of hydrogen-bond acceptors (Lipinski definition) is 6. The lowest BCUT2D eigenvalue weighted by Gasteiger charge is -2.07.